The molecule has 2 N–H and O–H groups in total. The first kappa shape index (κ1) is 18.5. The summed E-state index contributed by atoms with van der Waals surface area (Å²) in [7, 11) is 1.60. The second-order valence-electron chi connectivity index (χ2n) is 6.34. The Labute approximate surface area is 158 Å². The molecule has 0 fully saturated rings. The number of carbonyl (C=O) groups is 2. The van der Waals surface area contributed by atoms with Crippen molar-refractivity contribution < 1.29 is 14.3 Å². The maximum atomic E-state index is 12.6. The van der Waals surface area contributed by atoms with E-state index in [0.29, 0.717) is 11.3 Å². The van der Waals surface area contributed by atoms with E-state index in [1.165, 1.54) is 0 Å². The number of carbonyl (C=O) groups excluding carboxylic acids is 2. The number of rotatable bonds is 5. The van der Waals surface area contributed by atoms with Gasteiger partial charge in [0.15, 0.2) is 0 Å². The molecule has 0 heterocycles. The lowest BCUT2D eigenvalue weighted by atomic mass is 10.0. The molecule has 5 heteroatoms. The van der Waals surface area contributed by atoms with E-state index in [9.17, 15) is 9.59 Å². The third-order valence-corrected chi connectivity index (χ3v) is 4.64. The molecular formula is C22H22N2O3. The Bertz CT molecular complexity index is 1010. The third-order valence-electron chi connectivity index (χ3n) is 4.64. The van der Waals surface area contributed by atoms with Crippen molar-refractivity contribution in [1.29, 1.82) is 0 Å². The summed E-state index contributed by atoms with van der Waals surface area (Å²) >= 11 is 0. The van der Waals surface area contributed by atoms with Crippen LogP contribution in [0.4, 0.5) is 5.69 Å². The highest BCUT2D eigenvalue weighted by Crippen LogP contribution is 2.28. The Balaban J connectivity index is 1.72. The van der Waals surface area contributed by atoms with Gasteiger partial charge in [-0.15, -0.1) is 0 Å². The molecule has 3 aromatic rings. The van der Waals surface area contributed by atoms with Crippen LogP contribution in [0, 0.1) is 13.8 Å². The van der Waals surface area contributed by atoms with Gasteiger partial charge in [0.2, 0.25) is 5.91 Å². The van der Waals surface area contributed by atoms with Crippen molar-refractivity contribution in [1.82, 2.24) is 5.32 Å². The molecule has 0 aliphatic heterocycles. The fourth-order valence-corrected chi connectivity index (χ4v) is 2.98. The van der Waals surface area contributed by atoms with E-state index in [1.54, 1.807) is 19.2 Å². The van der Waals surface area contributed by atoms with Gasteiger partial charge in [0.1, 0.15) is 5.75 Å². The van der Waals surface area contributed by atoms with Gasteiger partial charge < -0.3 is 15.4 Å². The van der Waals surface area contributed by atoms with E-state index in [-0.39, 0.29) is 18.4 Å². The third kappa shape index (κ3) is 3.92. The molecule has 0 radical (unpaired) electrons. The minimum atomic E-state index is -0.301. The number of hydrogen-bond donors (Lipinski definition) is 2. The Morgan fingerprint density at radius 2 is 1.67 bits per heavy atom. The van der Waals surface area contributed by atoms with Crippen molar-refractivity contribution in [2.75, 3.05) is 19.0 Å². The Morgan fingerprint density at radius 1 is 0.926 bits per heavy atom. The first-order chi connectivity index (χ1) is 13.0. The van der Waals surface area contributed by atoms with Gasteiger partial charge in [0.25, 0.3) is 5.91 Å². The van der Waals surface area contributed by atoms with E-state index < -0.39 is 0 Å². The molecule has 5 nitrogen and oxygen atoms in total. The van der Waals surface area contributed by atoms with Gasteiger partial charge in [-0.1, -0.05) is 36.4 Å². The topological polar surface area (TPSA) is 67.4 Å². The maximum absolute atomic E-state index is 12.6. The van der Waals surface area contributed by atoms with Gasteiger partial charge in [-0.2, -0.15) is 0 Å². The summed E-state index contributed by atoms with van der Waals surface area (Å²) in [5, 5.41) is 7.17. The van der Waals surface area contributed by atoms with Gasteiger partial charge in [-0.3, -0.25) is 9.59 Å². The smallest absolute Gasteiger partial charge is 0.252 e. The van der Waals surface area contributed by atoms with E-state index in [2.05, 4.69) is 10.6 Å². The number of aryl methyl sites for hydroxylation is 1. The van der Waals surface area contributed by atoms with Crippen LogP contribution >= 0.6 is 0 Å². The zero-order valence-corrected chi connectivity index (χ0v) is 15.6. The minimum Gasteiger partial charge on any atom is -0.496 e. The van der Waals surface area contributed by atoms with E-state index in [0.717, 1.165) is 27.6 Å². The van der Waals surface area contributed by atoms with Crippen molar-refractivity contribution in [3.8, 4) is 5.75 Å². The van der Waals surface area contributed by atoms with Gasteiger partial charge in [-0.25, -0.2) is 0 Å². The molecule has 0 saturated carbocycles. The van der Waals surface area contributed by atoms with Crippen LogP contribution in [0.15, 0.2) is 54.6 Å². The largest absolute Gasteiger partial charge is 0.496 e. The SMILES string of the molecule is COc1ccc(C(=O)NCC(=O)Nc2cccc(C)c2C)c2ccccc12. The first-order valence-electron chi connectivity index (χ1n) is 8.71. The number of ether oxygens (including phenoxy) is 1. The minimum absolute atomic E-state index is 0.105. The van der Waals surface area contributed by atoms with Crippen molar-refractivity contribution in [2.24, 2.45) is 0 Å². The molecule has 138 valence electrons. The van der Waals surface area contributed by atoms with Crippen LogP contribution < -0.4 is 15.4 Å². The van der Waals surface area contributed by atoms with Gasteiger partial charge >= 0.3 is 0 Å². The molecule has 0 unspecified atom stereocenters. The number of nitrogens with one attached hydrogen (secondary N) is 2. The maximum Gasteiger partial charge on any atom is 0.252 e. The summed E-state index contributed by atoms with van der Waals surface area (Å²) in [6.45, 7) is 3.83. The number of anilines is 1. The molecule has 0 aliphatic rings. The predicted octanol–water partition coefficient (Wildman–Crippen LogP) is 3.83. The Morgan fingerprint density at radius 3 is 2.41 bits per heavy atom. The van der Waals surface area contributed by atoms with Crippen LogP contribution in [0.1, 0.15) is 21.5 Å². The summed E-state index contributed by atoms with van der Waals surface area (Å²) < 4.78 is 5.35. The van der Waals surface area contributed by atoms with E-state index in [1.807, 2.05) is 56.3 Å². The molecule has 3 rings (SSSR count). The number of amides is 2. The molecule has 0 bridgehead atoms. The van der Waals surface area contributed by atoms with Gasteiger partial charge in [-0.05, 0) is 48.6 Å². The second-order valence-corrected chi connectivity index (χ2v) is 6.34. The lowest BCUT2D eigenvalue weighted by Gasteiger charge is -2.12. The summed E-state index contributed by atoms with van der Waals surface area (Å²) in [4.78, 5) is 24.8. The highest BCUT2D eigenvalue weighted by Gasteiger charge is 2.14. The molecule has 3 aromatic carbocycles. The quantitative estimate of drug-likeness (QED) is 0.725. The van der Waals surface area contributed by atoms with Gasteiger partial charge in [0, 0.05) is 16.6 Å². The lowest BCUT2D eigenvalue weighted by Crippen LogP contribution is -2.33. The molecule has 0 aromatic heterocycles. The number of hydrogen-bond acceptors (Lipinski definition) is 3. The molecular weight excluding hydrogens is 340 g/mol. The zero-order valence-electron chi connectivity index (χ0n) is 15.6. The van der Waals surface area contributed by atoms with Crippen LogP contribution in [0.2, 0.25) is 0 Å². The fourth-order valence-electron chi connectivity index (χ4n) is 2.98. The van der Waals surface area contributed by atoms with Crippen LogP contribution in [0.25, 0.3) is 10.8 Å². The Kier molecular flexibility index (Phi) is 5.41. The van der Waals surface area contributed by atoms with Crippen LogP contribution in [-0.2, 0) is 4.79 Å². The molecule has 27 heavy (non-hydrogen) atoms. The standard InChI is InChI=1S/C22H22N2O3/c1-14-7-6-10-19(15(14)2)24-21(25)13-23-22(26)18-11-12-20(27-3)17-9-5-4-8-16(17)18/h4-12H,13H2,1-3H3,(H,23,26)(H,24,25). The molecule has 2 amide bonds. The van der Waals surface area contributed by atoms with Crippen molar-refractivity contribution >= 4 is 28.3 Å². The molecule has 0 aliphatic carbocycles. The van der Waals surface area contributed by atoms with Crippen LogP contribution in [0.3, 0.4) is 0 Å². The van der Waals surface area contributed by atoms with Gasteiger partial charge in [0.05, 0.1) is 13.7 Å². The highest BCUT2D eigenvalue weighted by atomic mass is 16.5. The molecule has 0 atom stereocenters. The average molecular weight is 362 g/mol. The summed E-state index contributed by atoms with van der Waals surface area (Å²) in [6, 6.07) is 16.7. The number of fused-ring (bicyclic) bond motifs is 1. The van der Waals surface area contributed by atoms with E-state index in [4.69, 9.17) is 4.74 Å². The van der Waals surface area contributed by atoms with E-state index >= 15 is 0 Å². The summed E-state index contributed by atoms with van der Waals surface area (Å²) in [5.74, 6) is 0.134. The highest BCUT2D eigenvalue weighted by molar-refractivity contribution is 6.09. The average Bonchev–Trinajstić information content (AvgIpc) is 2.68. The first-order valence-corrected chi connectivity index (χ1v) is 8.71. The second kappa shape index (κ2) is 7.91. The fraction of sp³-hybridized carbons (Fsp3) is 0.182. The van der Waals surface area contributed by atoms with Crippen LogP contribution in [0.5, 0.6) is 5.75 Å². The van der Waals surface area contributed by atoms with Crippen molar-refractivity contribution in [2.45, 2.75) is 13.8 Å². The predicted molar refractivity (Wildman–Crippen MR) is 107 cm³/mol. The van der Waals surface area contributed by atoms with Crippen LogP contribution in [-0.4, -0.2) is 25.5 Å². The molecule has 0 saturated heterocycles. The van der Waals surface area contributed by atoms with Crippen molar-refractivity contribution in [3.63, 3.8) is 0 Å². The monoisotopic (exact) mass is 362 g/mol. The summed E-state index contributed by atoms with van der Waals surface area (Å²) in [5.41, 5.74) is 3.37. The number of benzene rings is 3. The normalized spacial score (nSPS) is 10.5. The number of methoxy groups -OCH3 is 1. The van der Waals surface area contributed by atoms with Crippen molar-refractivity contribution in [3.05, 3.63) is 71.3 Å². The lowest BCUT2D eigenvalue weighted by molar-refractivity contribution is -0.115. The zero-order chi connectivity index (χ0) is 19.4. The summed E-state index contributed by atoms with van der Waals surface area (Å²) in [6.07, 6.45) is 0. The molecule has 0 spiro atoms. The Hall–Kier alpha value is -3.34.